The monoisotopic (exact) mass is 472 g/mol. The first kappa shape index (κ1) is 35.1. The summed E-state index contributed by atoms with van der Waals surface area (Å²) in [7, 11) is 8.07. The first-order valence-corrected chi connectivity index (χ1v) is 12.6. The Balaban J connectivity index is 0. The third kappa shape index (κ3) is 15.0. The van der Waals surface area contributed by atoms with Gasteiger partial charge in [0.15, 0.2) is 0 Å². The van der Waals surface area contributed by atoms with Gasteiger partial charge in [0, 0.05) is 25.2 Å². The fraction of sp³-hybridized carbons (Fsp3) is 0.714. The van der Waals surface area contributed by atoms with E-state index in [2.05, 4.69) is 63.8 Å². The van der Waals surface area contributed by atoms with Crippen molar-refractivity contribution in [2.75, 3.05) is 27.2 Å². The Hall–Kier alpha value is -1.07. The topological polar surface area (TPSA) is 46.9 Å². The summed E-state index contributed by atoms with van der Waals surface area (Å²) < 4.78 is 0. The van der Waals surface area contributed by atoms with E-state index >= 15 is 0 Å². The lowest BCUT2D eigenvalue weighted by atomic mass is 9.67. The van der Waals surface area contributed by atoms with Crippen molar-refractivity contribution < 1.29 is 10.2 Å². The van der Waals surface area contributed by atoms with E-state index in [1.54, 1.807) is 0 Å². The van der Waals surface area contributed by atoms with Crippen LogP contribution in [-0.2, 0) is 0 Å². The van der Waals surface area contributed by atoms with Crippen molar-refractivity contribution in [1.82, 2.24) is 9.80 Å². The smallest absolute Gasteiger partial charge is 0.142 e. The molecule has 6 atom stereocenters. The molecule has 6 unspecified atom stereocenters. The van der Waals surface area contributed by atoms with Crippen molar-refractivity contribution in [3.8, 4) is 0 Å². The number of aliphatic hydroxyl groups excluding tert-OH is 2. The van der Waals surface area contributed by atoms with E-state index in [9.17, 15) is 10.2 Å². The fourth-order valence-electron chi connectivity index (χ4n) is 3.57. The molecule has 0 spiro atoms. The van der Waals surface area contributed by atoms with E-state index in [0.717, 1.165) is 34.9 Å². The van der Waals surface area contributed by atoms with Crippen molar-refractivity contribution in [1.29, 1.82) is 0 Å². The molecule has 0 rings (SSSR count). The number of allylic oxidation sites excluding steroid dienone is 2. The second kappa shape index (κ2) is 18.2. The fourth-order valence-corrected chi connectivity index (χ4v) is 3.57. The Bertz CT molecular complexity index is 584. The van der Waals surface area contributed by atoms with Gasteiger partial charge in [-0.25, -0.2) is 0 Å². The lowest BCUT2D eigenvalue weighted by Crippen LogP contribution is -2.37. The number of aliphatic hydroxyl groups is 2. The molecule has 0 aromatic carbocycles. The number of hydrogen-bond donors (Lipinski definition) is 2. The van der Waals surface area contributed by atoms with Gasteiger partial charge in [0.05, 0.1) is 12.2 Å². The van der Waals surface area contributed by atoms with Crippen molar-refractivity contribution in [3.05, 3.63) is 48.4 Å². The average molecular weight is 472 g/mol. The Kier molecular flexibility index (Phi) is 18.8. The van der Waals surface area contributed by atoms with Crippen molar-refractivity contribution in [3.63, 3.8) is 0 Å². The summed E-state index contributed by atoms with van der Waals surface area (Å²) in [5.74, 6) is 0.673. The number of rotatable bonds is 16. The molecule has 194 valence electrons. The van der Waals surface area contributed by atoms with Crippen molar-refractivity contribution in [2.45, 2.75) is 92.3 Å². The van der Waals surface area contributed by atoms with Gasteiger partial charge in [-0.15, -0.1) is 24.1 Å². The third-order valence-corrected chi connectivity index (χ3v) is 7.00. The molecule has 0 fully saturated rings. The minimum absolute atomic E-state index is 0.306. The van der Waals surface area contributed by atoms with E-state index in [1.165, 1.54) is 0 Å². The van der Waals surface area contributed by atoms with Crippen LogP contribution < -0.4 is 0 Å². The molecule has 0 saturated carbocycles. The zero-order valence-electron chi connectivity index (χ0n) is 24.1. The van der Waals surface area contributed by atoms with Gasteiger partial charge in [0.2, 0.25) is 0 Å². The summed E-state index contributed by atoms with van der Waals surface area (Å²) in [6.07, 6.45) is 0.898. The second-order valence-electron chi connectivity index (χ2n) is 10.2. The summed E-state index contributed by atoms with van der Waals surface area (Å²) in [5.41, 5.74) is 4.44. The van der Waals surface area contributed by atoms with Crippen LogP contribution in [0.2, 0.25) is 13.6 Å². The zero-order valence-corrected chi connectivity index (χ0v) is 24.1. The first-order valence-electron chi connectivity index (χ1n) is 12.6. The molecular formula is C28H54B2N2O2. The molecule has 0 saturated heterocycles. The number of nitrogens with zero attached hydrogens (tertiary/aromatic N) is 2. The molecule has 34 heavy (non-hydrogen) atoms. The summed E-state index contributed by atoms with van der Waals surface area (Å²) in [5, 5.41) is 20.1. The van der Waals surface area contributed by atoms with E-state index < -0.39 is 0 Å². The molecule has 0 aromatic heterocycles. The van der Waals surface area contributed by atoms with E-state index in [1.807, 2.05) is 56.1 Å². The van der Waals surface area contributed by atoms with Crippen LogP contribution in [0, 0.1) is 11.8 Å². The predicted molar refractivity (Wildman–Crippen MR) is 155 cm³/mol. The molecule has 0 aliphatic carbocycles. The quantitative estimate of drug-likeness (QED) is 0.243. The molecular weight excluding hydrogens is 418 g/mol. The standard InChI is InChI=1S/2C14H27BNO/c2*1-10(2)13(5)16(7)9-14(17)8-11(3)12(4)15-6/h2*11,13-14,17H,1,4,8-9H2,2-3,5-7H3. The molecule has 2 radical (unpaired) electrons. The van der Waals surface area contributed by atoms with Crippen LogP contribution in [-0.4, -0.2) is 86.0 Å². The Labute approximate surface area is 214 Å². The van der Waals surface area contributed by atoms with Gasteiger partial charge in [0.1, 0.15) is 14.6 Å². The Morgan fingerprint density at radius 3 is 1.15 bits per heavy atom. The summed E-state index contributed by atoms with van der Waals surface area (Å²) in [4.78, 5) is 4.27. The summed E-state index contributed by atoms with van der Waals surface area (Å²) >= 11 is 0. The third-order valence-electron chi connectivity index (χ3n) is 7.00. The number of hydrogen-bond acceptors (Lipinski definition) is 4. The maximum Gasteiger partial charge on any atom is 0.142 e. The molecule has 0 bridgehead atoms. The van der Waals surface area contributed by atoms with Gasteiger partial charge in [-0.3, -0.25) is 9.80 Å². The van der Waals surface area contributed by atoms with Crippen LogP contribution in [0.25, 0.3) is 0 Å². The van der Waals surface area contributed by atoms with E-state index in [0.29, 0.717) is 37.0 Å². The number of likely N-dealkylation sites (N-methyl/N-ethyl adjacent to an activating group) is 2. The largest absolute Gasteiger partial charge is 0.392 e. The van der Waals surface area contributed by atoms with Gasteiger partial charge in [-0.05, 0) is 66.5 Å². The first-order chi connectivity index (χ1) is 15.6. The molecule has 0 aliphatic heterocycles. The minimum Gasteiger partial charge on any atom is -0.392 e. The lowest BCUT2D eigenvalue weighted by molar-refractivity contribution is 0.0992. The SMILES string of the molecule is C=C([B]C)C(C)CC(O)CN(C)C(C)C(=C)C.C=C([B]C)C(C)CC(O)CN(C)C(C)C(=C)C. The van der Waals surface area contributed by atoms with Crippen molar-refractivity contribution in [2.24, 2.45) is 11.8 Å². The molecule has 6 heteroatoms. The lowest BCUT2D eigenvalue weighted by Gasteiger charge is -2.28. The normalized spacial score (nSPS) is 16.4. The maximum absolute atomic E-state index is 10.0. The average Bonchev–Trinajstić information content (AvgIpc) is 2.76. The van der Waals surface area contributed by atoms with Crippen molar-refractivity contribution >= 4 is 14.6 Å². The molecule has 0 heterocycles. The summed E-state index contributed by atoms with van der Waals surface area (Å²) in [6, 6.07) is 0.613. The molecule has 2 N–H and O–H groups in total. The van der Waals surface area contributed by atoms with Crippen LogP contribution in [0.1, 0.15) is 54.4 Å². The Morgan fingerprint density at radius 2 is 0.941 bits per heavy atom. The maximum atomic E-state index is 10.0. The van der Waals surface area contributed by atoms with Gasteiger partial charge >= 0.3 is 0 Å². The van der Waals surface area contributed by atoms with Gasteiger partial charge < -0.3 is 10.2 Å². The molecule has 4 nitrogen and oxygen atoms in total. The van der Waals surface area contributed by atoms with Gasteiger partial charge in [-0.1, -0.05) is 51.8 Å². The minimum atomic E-state index is -0.312. The highest BCUT2D eigenvalue weighted by molar-refractivity contribution is 6.43. The van der Waals surface area contributed by atoms with E-state index in [-0.39, 0.29) is 12.2 Å². The van der Waals surface area contributed by atoms with Gasteiger partial charge in [0.25, 0.3) is 0 Å². The molecule has 0 amide bonds. The highest BCUT2D eigenvalue weighted by atomic mass is 16.3. The van der Waals surface area contributed by atoms with Crippen LogP contribution >= 0.6 is 0 Å². The Morgan fingerprint density at radius 1 is 0.676 bits per heavy atom. The van der Waals surface area contributed by atoms with Crippen LogP contribution in [0.15, 0.2) is 48.4 Å². The molecule has 0 aromatic rings. The highest BCUT2D eigenvalue weighted by Gasteiger charge is 2.18. The zero-order chi connectivity index (χ0) is 27.2. The van der Waals surface area contributed by atoms with Gasteiger partial charge in [-0.2, -0.15) is 0 Å². The van der Waals surface area contributed by atoms with Crippen LogP contribution in [0.4, 0.5) is 0 Å². The highest BCUT2D eigenvalue weighted by Crippen LogP contribution is 2.17. The predicted octanol–water partition coefficient (Wildman–Crippen LogP) is 5.07. The summed E-state index contributed by atoms with van der Waals surface area (Å²) in [6.45, 7) is 33.6. The second-order valence-corrected chi connectivity index (χ2v) is 10.2. The molecule has 0 aliphatic rings. The van der Waals surface area contributed by atoms with Crippen LogP contribution in [0.3, 0.4) is 0 Å². The van der Waals surface area contributed by atoms with E-state index in [4.69, 9.17) is 0 Å². The van der Waals surface area contributed by atoms with Crippen LogP contribution in [0.5, 0.6) is 0 Å².